The maximum atomic E-state index is 13.3. The maximum absolute atomic E-state index is 13.3. The second-order valence-corrected chi connectivity index (χ2v) is 6.61. The number of ketones is 1. The number of benzene rings is 1. The minimum absolute atomic E-state index is 0.260. The molecule has 0 aliphatic heterocycles. The molecule has 0 radical (unpaired) electrons. The number of carbonyl (C=O) groups is 2. The SMILES string of the molecule is C=CC(=O)Nc1ccc(C(=O)c2cc(-c3cnn(C)c3)cn3ncc(C#N)c23)cc1. The highest BCUT2D eigenvalue weighted by Crippen LogP contribution is 2.26. The molecule has 1 aromatic carbocycles. The van der Waals surface area contributed by atoms with Gasteiger partial charge in [-0.05, 0) is 36.4 Å². The van der Waals surface area contributed by atoms with Gasteiger partial charge in [-0.2, -0.15) is 15.5 Å². The number of nitrogens with zero attached hydrogens (tertiary/aromatic N) is 5. The molecule has 3 aromatic heterocycles. The van der Waals surface area contributed by atoms with Gasteiger partial charge in [0.1, 0.15) is 6.07 Å². The summed E-state index contributed by atoms with van der Waals surface area (Å²) in [6, 6.07) is 10.3. The van der Waals surface area contributed by atoms with Gasteiger partial charge in [0.25, 0.3) is 0 Å². The molecule has 8 nitrogen and oxygen atoms in total. The minimum atomic E-state index is -0.335. The van der Waals surface area contributed by atoms with Gasteiger partial charge in [0.2, 0.25) is 5.91 Å². The lowest BCUT2D eigenvalue weighted by Gasteiger charge is -2.09. The fourth-order valence-electron chi connectivity index (χ4n) is 3.16. The average molecular weight is 396 g/mol. The van der Waals surface area contributed by atoms with E-state index in [-0.39, 0.29) is 11.7 Å². The topological polar surface area (TPSA) is 105 Å². The lowest BCUT2D eigenvalue weighted by molar-refractivity contribution is -0.111. The Balaban J connectivity index is 1.81. The molecule has 0 unspecified atom stereocenters. The smallest absolute Gasteiger partial charge is 0.247 e. The minimum Gasteiger partial charge on any atom is -0.323 e. The van der Waals surface area contributed by atoms with Gasteiger partial charge in [-0.1, -0.05) is 6.58 Å². The third-order valence-electron chi connectivity index (χ3n) is 4.62. The predicted molar refractivity (Wildman–Crippen MR) is 111 cm³/mol. The zero-order chi connectivity index (χ0) is 21.3. The fraction of sp³-hybridized carbons (Fsp3) is 0.0455. The van der Waals surface area contributed by atoms with Gasteiger partial charge in [0, 0.05) is 41.8 Å². The van der Waals surface area contributed by atoms with Gasteiger partial charge in [0.15, 0.2) is 5.78 Å². The number of pyridine rings is 1. The molecule has 3 heterocycles. The molecule has 1 N–H and O–H groups in total. The molecule has 0 aliphatic rings. The van der Waals surface area contributed by atoms with E-state index >= 15 is 0 Å². The van der Waals surface area contributed by atoms with Gasteiger partial charge in [-0.15, -0.1) is 0 Å². The van der Waals surface area contributed by atoms with Crippen molar-refractivity contribution >= 4 is 22.9 Å². The summed E-state index contributed by atoms with van der Waals surface area (Å²) in [5, 5.41) is 20.5. The van der Waals surface area contributed by atoms with E-state index in [9.17, 15) is 14.9 Å². The van der Waals surface area contributed by atoms with Crippen LogP contribution in [0.5, 0.6) is 0 Å². The molecule has 1 amide bonds. The molecular weight excluding hydrogens is 380 g/mol. The monoisotopic (exact) mass is 396 g/mol. The third-order valence-corrected chi connectivity index (χ3v) is 4.62. The third kappa shape index (κ3) is 3.36. The van der Waals surface area contributed by atoms with Crippen molar-refractivity contribution in [1.29, 1.82) is 5.26 Å². The van der Waals surface area contributed by atoms with Crippen molar-refractivity contribution in [2.75, 3.05) is 5.32 Å². The molecule has 4 rings (SSSR count). The Labute approximate surface area is 171 Å². The molecule has 0 saturated heterocycles. The summed E-state index contributed by atoms with van der Waals surface area (Å²) < 4.78 is 3.20. The van der Waals surface area contributed by atoms with Crippen LogP contribution in [0.3, 0.4) is 0 Å². The summed E-state index contributed by atoms with van der Waals surface area (Å²) in [6.45, 7) is 3.41. The highest BCUT2D eigenvalue weighted by atomic mass is 16.1. The number of amides is 1. The summed E-state index contributed by atoms with van der Waals surface area (Å²) in [7, 11) is 1.81. The summed E-state index contributed by atoms with van der Waals surface area (Å²) in [6.07, 6.45) is 7.90. The number of aromatic nitrogens is 4. The Morgan fingerprint density at radius 3 is 2.53 bits per heavy atom. The fourth-order valence-corrected chi connectivity index (χ4v) is 3.16. The molecular formula is C22H16N6O2. The molecule has 146 valence electrons. The van der Waals surface area contributed by atoms with Crippen molar-refractivity contribution in [3.8, 4) is 17.2 Å². The van der Waals surface area contributed by atoms with E-state index in [4.69, 9.17) is 0 Å². The molecule has 0 aliphatic carbocycles. The normalized spacial score (nSPS) is 10.5. The number of fused-ring (bicyclic) bond motifs is 1. The van der Waals surface area contributed by atoms with Gasteiger partial charge in [-0.3, -0.25) is 14.3 Å². The van der Waals surface area contributed by atoms with Crippen molar-refractivity contribution in [1.82, 2.24) is 19.4 Å². The summed E-state index contributed by atoms with van der Waals surface area (Å²) in [4.78, 5) is 24.8. The first-order chi connectivity index (χ1) is 14.5. The van der Waals surface area contributed by atoms with Crippen LogP contribution >= 0.6 is 0 Å². The Hall–Kier alpha value is -4.51. The number of rotatable bonds is 5. The average Bonchev–Trinajstić information content (AvgIpc) is 3.39. The Morgan fingerprint density at radius 2 is 1.90 bits per heavy atom. The van der Waals surface area contributed by atoms with E-state index < -0.39 is 0 Å². The van der Waals surface area contributed by atoms with Crippen LogP contribution in [0.25, 0.3) is 16.6 Å². The quantitative estimate of drug-likeness (QED) is 0.412. The van der Waals surface area contributed by atoms with E-state index in [2.05, 4.69) is 28.2 Å². The highest BCUT2D eigenvalue weighted by Gasteiger charge is 2.19. The van der Waals surface area contributed by atoms with Crippen LogP contribution in [0, 0.1) is 11.3 Å². The van der Waals surface area contributed by atoms with E-state index in [1.807, 2.05) is 13.2 Å². The van der Waals surface area contributed by atoms with Gasteiger partial charge in [-0.25, -0.2) is 4.52 Å². The van der Waals surface area contributed by atoms with Crippen LogP contribution in [0.15, 0.2) is 67.8 Å². The molecule has 0 atom stereocenters. The number of nitrogens with one attached hydrogen (secondary N) is 1. The summed E-state index contributed by atoms with van der Waals surface area (Å²) >= 11 is 0. The summed E-state index contributed by atoms with van der Waals surface area (Å²) in [5.74, 6) is -0.595. The zero-order valence-electron chi connectivity index (χ0n) is 16.0. The molecule has 0 fully saturated rings. The van der Waals surface area contributed by atoms with E-state index in [0.717, 1.165) is 11.1 Å². The van der Waals surface area contributed by atoms with Gasteiger partial charge in [0.05, 0.1) is 29.0 Å². The highest BCUT2D eigenvalue weighted by molar-refractivity contribution is 6.14. The van der Waals surface area contributed by atoms with Gasteiger partial charge >= 0.3 is 0 Å². The van der Waals surface area contributed by atoms with E-state index in [1.54, 1.807) is 47.4 Å². The van der Waals surface area contributed by atoms with Crippen LogP contribution in [0.1, 0.15) is 21.5 Å². The maximum Gasteiger partial charge on any atom is 0.247 e. The molecule has 0 saturated carbocycles. The van der Waals surface area contributed by atoms with Gasteiger partial charge < -0.3 is 5.32 Å². The van der Waals surface area contributed by atoms with Crippen molar-refractivity contribution < 1.29 is 9.59 Å². The number of nitriles is 1. The second-order valence-electron chi connectivity index (χ2n) is 6.61. The largest absolute Gasteiger partial charge is 0.323 e. The zero-order valence-corrected chi connectivity index (χ0v) is 16.0. The number of hydrogen-bond donors (Lipinski definition) is 1. The lowest BCUT2D eigenvalue weighted by atomic mass is 9.98. The lowest BCUT2D eigenvalue weighted by Crippen LogP contribution is -2.08. The first-order valence-electron chi connectivity index (χ1n) is 8.99. The molecule has 0 bridgehead atoms. The molecule has 8 heteroatoms. The van der Waals surface area contributed by atoms with Crippen LogP contribution < -0.4 is 5.32 Å². The van der Waals surface area contributed by atoms with Crippen molar-refractivity contribution in [3.63, 3.8) is 0 Å². The first kappa shape index (κ1) is 18.8. The Kier molecular flexibility index (Phi) is 4.70. The van der Waals surface area contributed by atoms with Crippen LogP contribution in [-0.2, 0) is 11.8 Å². The molecule has 4 aromatic rings. The number of aryl methyl sites for hydroxylation is 1. The number of hydrogen-bond acceptors (Lipinski definition) is 5. The number of anilines is 1. The standard InChI is InChI=1S/C22H16N6O2/c1-3-20(29)26-18-6-4-14(5-7-18)22(30)19-8-15(17-11-24-27(2)12-17)13-28-21(19)16(9-23)10-25-28/h3-8,10-13H,1H2,2H3,(H,26,29). The summed E-state index contributed by atoms with van der Waals surface area (Å²) in [5.41, 5.74) is 3.65. The van der Waals surface area contributed by atoms with E-state index in [0.29, 0.717) is 27.9 Å². The van der Waals surface area contributed by atoms with Crippen molar-refractivity contribution in [2.45, 2.75) is 0 Å². The second kappa shape index (κ2) is 7.48. The van der Waals surface area contributed by atoms with Crippen molar-refractivity contribution in [2.24, 2.45) is 7.05 Å². The van der Waals surface area contributed by atoms with Crippen LogP contribution in [0.4, 0.5) is 5.69 Å². The first-order valence-corrected chi connectivity index (χ1v) is 8.99. The Morgan fingerprint density at radius 1 is 1.13 bits per heavy atom. The molecule has 30 heavy (non-hydrogen) atoms. The Bertz CT molecular complexity index is 1340. The molecule has 0 spiro atoms. The number of carbonyl (C=O) groups excluding carboxylic acids is 2. The van der Waals surface area contributed by atoms with Crippen LogP contribution in [0.2, 0.25) is 0 Å². The van der Waals surface area contributed by atoms with Crippen LogP contribution in [-0.4, -0.2) is 31.1 Å². The van der Waals surface area contributed by atoms with E-state index in [1.165, 1.54) is 16.8 Å². The predicted octanol–water partition coefficient (Wildman–Crippen LogP) is 2.96. The van der Waals surface area contributed by atoms with Crippen molar-refractivity contribution in [3.05, 3.63) is 84.5 Å².